The van der Waals surface area contributed by atoms with Crippen LogP contribution in [0.1, 0.15) is 50.1 Å². The van der Waals surface area contributed by atoms with E-state index in [2.05, 4.69) is 4.90 Å². The minimum atomic E-state index is -0.361. The highest BCUT2D eigenvalue weighted by molar-refractivity contribution is 6.30. The zero-order chi connectivity index (χ0) is 14.9. The molecule has 2 aliphatic rings. The van der Waals surface area contributed by atoms with Gasteiger partial charge in [0.1, 0.15) is 5.82 Å². The number of nitrogens with zero attached hydrogens (tertiary/aromatic N) is 1. The van der Waals surface area contributed by atoms with Crippen LogP contribution in [-0.4, -0.2) is 24.5 Å². The largest absolute Gasteiger partial charge is 0.329 e. The Balaban J connectivity index is 1.70. The maximum absolute atomic E-state index is 13.3. The van der Waals surface area contributed by atoms with Crippen LogP contribution in [0.2, 0.25) is 5.02 Å². The molecule has 2 N–H and O–H groups in total. The molecular formula is C17H24ClFN2. The molecule has 0 amide bonds. The maximum atomic E-state index is 13.3. The normalized spacial score (nSPS) is 23.6. The number of benzene rings is 1. The Bertz CT molecular complexity index is 490. The van der Waals surface area contributed by atoms with Crippen LogP contribution < -0.4 is 5.73 Å². The molecule has 2 nitrogen and oxygen atoms in total. The quantitative estimate of drug-likeness (QED) is 0.909. The molecule has 3 rings (SSSR count). The lowest BCUT2D eigenvalue weighted by atomic mass is 9.76. The number of likely N-dealkylation sites (tertiary alicyclic amines) is 1. The summed E-state index contributed by atoms with van der Waals surface area (Å²) in [6.45, 7) is 2.74. The van der Waals surface area contributed by atoms with Gasteiger partial charge in [-0.25, -0.2) is 4.39 Å². The highest BCUT2D eigenvalue weighted by Gasteiger charge is 2.38. The van der Waals surface area contributed by atoms with Crippen LogP contribution in [-0.2, 0) is 0 Å². The van der Waals surface area contributed by atoms with E-state index in [1.165, 1.54) is 44.6 Å². The lowest BCUT2D eigenvalue weighted by molar-refractivity contribution is 0.0780. The Labute approximate surface area is 131 Å². The molecule has 1 unspecified atom stereocenters. The van der Waals surface area contributed by atoms with Gasteiger partial charge in [-0.05, 0) is 61.9 Å². The molecule has 0 aromatic heterocycles. The molecule has 4 heteroatoms. The van der Waals surface area contributed by atoms with Crippen molar-refractivity contribution in [1.82, 2.24) is 4.90 Å². The fourth-order valence-electron chi connectivity index (χ4n) is 4.15. The minimum Gasteiger partial charge on any atom is -0.329 e. The second-order valence-corrected chi connectivity index (χ2v) is 7.08. The zero-order valence-corrected chi connectivity index (χ0v) is 13.2. The monoisotopic (exact) mass is 310 g/mol. The van der Waals surface area contributed by atoms with E-state index >= 15 is 0 Å². The van der Waals surface area contributed by atoms with Crippen molar-refractivity contribution in [2.45, 2.75) is 44.6 Å². The van der Waals surface area contributed by atoms with E-state index in [0.29, 0.717) is 12.0 Å². The molecule has 1 heterocycles. The third kappa shape index (κ3) is 3.10. The van der Waals surface area contributed by atoms with Crippen molar-refractivity contribution in [1.29, 1.82) is 0 Å². The summed E-state index contributed by atoms with van der Waals surface area (Å²) in [6.07, 6.45) is 8.14. The summed E-state index contributed by atoms with van der Waals surface area (Å²) in [5.74, 6) is -0.361. The molecule has 1 saturated carbocycles. The van der Waals surface area contributed by atoms with Gasteiger partial charge in [-0.15, -0.1) is 0 Å². The molecule has 1 aliphatic heterocycles. The van der Waals surface area contributed by atoms with E-state index < -0.39 is 0 Å². The van der Waals surface area contributed by atoms with Crippen molar-refractivity contribution in [3.63, 3.8) is 0 Å². The fourth-order valence-corrected chi connectivity index (χ4v) is 4.34. The molecule has 1 aliphatic carbocycles. The summed E-state index contributed by atoms with van der Waals surface area (Å²) in [6, 6.07) is 5.15. The van der Waals surface area contributed by atoms with Gasteiger partial charge in [-0.3, -0.25) is 4.90 Å². The van der Waals surface area contributed by atoms with Crippen molar-refractivity contribution < 1.29 is 4.39 Å². The molecule has 1 atom stereocenters. The summed E-state index contributed by atoms with van der Waals surface area (Å²) in [5, 5.41) is 0.190. The van der Waals surface area contributed by atoms with Crippen molar-refractivity contribution in [3.05, 3.63) is 34.6 Å². The minimum absolute atomic E-state index is 0.154. The first kappa shape index (κ1) is 15.3. The third-order valence-corrected chi connectivity index (χ3v) is 5.81. The van der Waals surface area contributed by atoms with Crippen LogP contribution in [0.25, 0.3) is 0 Å². The first-order valence-corrected chi connectivity index (χ1v) is 8.40. The number of halogens is 2. The smallest absolute Gasteiger partial charge is 0.141 e. The summed E-state index contributed by atoms with van der Waals surface area (Å²) < 4.78 is 13.3. The standard InChI is InChI=1S/C17H24ClFN2/c18-14-11-13(3-4-15(14)19)16(12-20)21-9-7-17(8-10-21)5-1-2-6-17/h3-4,11,16H,1-2,5-10,12,20H2. The second-order valence-electron chi connectivity index (χ2n) is 6.67. The van der Waals surface area contributed by atoms with Gasteiger partial charge in [-0.2, -0.15) is 0 Å². The number of hydrogen-bond donors (Lipinski definition) is 1. The summed E-state index contributed by atoms with van der Waals surface area (Å²) >= 11 is 5.92. The van der Waals surface area contributed by atoms with Crippen molar-refractivity contribution in [2.75, 3.05) is 19.6 Å². The molecule has 0 bridgehead atoms. The molecule has 1 aromatic rings. The van der Waals surface area contributed by atoms with Crippen molar-refractivity contribution in [3.8, 4) is 0 Å². The Morgan fingerprint density at radius 1 is 1.19 bits per heavy atom. The molecule has 116 valence electrons. The molecule has 0 radical (unpaired) electrons. The average molecular weight is 311 g/mol. The summed E-state index contributed by atoms with van der Waals surface area (Å²) in [4.78, 5) is 2.45. The van der Waals surface area contributed by atoms with E-state index in [-0.39, 0.29) is 16.9 Å². The van der Waals surface area contributed by atoms with E-state index in [1.54, 1.807) is 6.07 Å². The van der Waals surface area contributed by atoms with Crippen molar-refractivity contribution >= 4 is 11.6 Å². The van der Waals surface area contributed by atoms with E-state index in [9.17, 15) is 4.39 Å². The number of hydrogen-bond acceptors (Lipinski definition) is 2. The van der Waals surface area contributed by atoms with Gasteiger partial charge < -0.3 is 5.73 Å². The molecule has 21 heavy (non-hydrogen) atoms. The van der Waals surface area contributed by atoms with Gasteiger partial charge in [0.15, 0.2) is 0 Å². The van der Waals surface area contributed by atoms with Gasteiger partial charge in [0.05, 0.1) is 5.02 Å². The summed E-state index contributed by atoms with van der Waals surface area (Å²) in [5.41, 5.74) is 7.63. The van der Waals surface area contributed by atoms with Crippen LogP contribution in [0.3, 0.4) is 0 Å². The fraction of sp³-hybridized carbons (Fsp3) is 0.647. The zero-order valence-electron chi connectivity index (χ0n) is 12.5. The van der Waals surface area contributed by atoms with Gasteiger partial charge in [0.25, 0.3) is 0 Å². The van der Waals surface area contributed by atoms with E-state index in [0.717, 1.165) is 18.7 Å². The van der Waals surface area contributed by atoms with E-state index in [1.807, 2.05) is 6.07 Å². The number of nitrogens with two attached hydrogens (primary N) is 1. The number of piperidine rings is 1. The predicted molar refractivity (Wildman–Crippen MR) is 84.9 cm³/mol. The highest BCUT2D eigenvalue weighted by Crippen LogP contribution is 2.47. The van der Waals surface area contributed by atoms with Crippen LogP contribution in [0.5, 0.6) is 0 Å². The Kier molecular flexibility index (Phi) is 4.53. The lowest BCUT2D eigenvalue weighted by Gasteiger charge is -2.42. The Morgan fingerprint density at radius 3 is 2.43 bits per heavy atom. The van der Waals surface area contributed by atoms with Gasteiger partial charge in [0.2, 0.25) is 0 Å². The van der Waals surface area contributed by atoms with Gasteiger partial charge >= 0.3 is 0 Å². The summed E-state index contributed by atoms with van der Waals surface area (Å²) in [7, 11) is 0. The Morgan fingerprint density at radius 2 is 1.86 bits per heavy atom. The molecule has 1 aromatic carbocycles. The lowest BCUT2D eigenvalue weighted by Crippen LogP contribution is -2.43. The van der Waals surface area contributed by atoms with Crippen LogP contribution in [0.4, 0.5) is 4.39 Å². The first-order chi connectivity index (χ1) is 10.1. The number of rotatable bonds is 3. The second kappa shape index (κ2) is 6.23. The molecule has 1 spiro atoms. The maximum Gasteiger partial charge on any atom is 0.141 e. The van der Waals surface area contributed by atoms with Crippen LogP contribution >= 0.6 is 11.6 Å². The average Bonchev–Trinajstić information content (AvgIpc) is 2.94. The van der Waals surface area contributed by atoms with Crippen molar-refractivity contribution in [2.24, 2.45) is 11.1 Å². The van der Waals surface area contributed by atoms with Gasteiger partial charge in [0, 0.05) is 12.6 Å². The topological polar surface area (TPSA) is 29.3 Å². The van der Waals surface area contributed by atoms with E-state index in [4.69, 9.17) is 17.3 Å². The highest BCUT2D eigenvalue weighted by atomic mass is 35.5. The third-order valence-electron chi connectivity index (χ3n) is 5.52. The molecular weight excluding hydrogens is 287 g/mol. The first-order valence-electron chi connectivity index (χ1n) is 8.03. The van der Waals surface area contributed by atoms with Crippen LogP contribution in [0, 0.1) is 11.2 Å². The Hall–Kier alpha value is -0.640. The molecule has 1 saturated heterocycles. The van der Waals surface area contributed by atoms with Gasteiger partial charge in [-0.1, -0.05) is 30.5 Å². The molecule has 2 fully saturated rings. The SMILES string of the molecule is NCC(c1ccc(F)c(Cl)c1)N1CCC2(CCCC2)CC1. The predicted octanol–water partition coefficient (Wildman–Crippen LogP) is 4.14. The van der Waals surface area contributed by atoms with Crippen LogP contribution in [0.15, 0.2) is 18.2 Å².